The Kier molecular flexibility index (Phi) is 4.45. The largest absolute Gasteiger partial charge is 0.334 e. The van der Waals surface area contributed by atoms with E-state index in [0.717, 1.165) is 21.9 Å². The van der Waals surface area contributed by atoms with Gasteiger partial charge in [-0.05, 0) is 40.5 Å². The van der Waals surface area contributed by atoms with Crippen molar-refractivity contribution in [2.24, 2.45) is 4.99 Å². The molecule has 0 saturated heterocycles. The molecule has 2 nitrogen and oxygen atoms in total. The summed E-state index contributed by atoms with van der Waals surface area (Å²) in [6.07, 6.45) is 2.37. The highest BCUT2D eigenvalue weighted by molar-refractivity contribution is 9.10. The Balaban J connectivity index is 1.98. The van der Waals surface area contributed by atoms with Crippen LogP contribution in [0.2, 0.25) is 0 Å². The van der Waals surface area contributed by atoms with Crippen LogP contribution in [0.25, 0.3) is 0 Å². The lowest BCUT2D eigenvalue weighted by Gasteiger charge is -2.09. The predicted octanol–water partition coefficient (Wildman–Crippen LogP) is 4.27. The first-order chi connectivity index (χ1) is 8.19. The highest BCUT2D eigenvalue weighted by atomic mass is 79.9. The molecule has 1 heterocycles. The molecule has 17 heavy (non-hydrogen) atoms. The summed E-state index contributed by atoms with van der Waals surface area (Å²) in [5.74, 6) is -0.243. The van der Waals surface area contributed by atoms with E-state index in [9.17, 15) is 4.39 Å². The van der Waals surface area contributed by atoms with Gasteiger partial charge in [0.05, 0.1) is 12.2 Å². The normalized spacial score (nSPS) is 19.2. The molecular weight excluding hydrogens is 303 g/mol. The van der Waals surface area contributed by atoms with E-state index in [1.54, 1.807) is 17.8 Å². The number of nitrogens with one attached hydrogen (secondary N) is 1. The molecule has 0 spiro atoms. The number of hydrogen-bond donors (Lipinski definition) is 1. The van der Waals surface area contributed by atoms with Crippen LogP contribution in [0.5, 0.6) is 0 Å². The Labute approximate surface area is 113 Å². The van der Waals surface area contributed by atoms with E-state index in [0.29, 0.717) is 5.25 Å². The topological polar surface area (TPSA) is 24.4 Å². The quantitative estimate of drug-likeness (QED) is 0.900. The van der Waals surface area contributed by atoms with Gasteiger partial charge in [-0.1, -0.05) is 25.1 Å². The van der Waals surface area contributed by atoms with Crippen molar-refractivity contribution in [3.05, 3.63) is 28.5 Å². The summed E-state index contributed by atoms with van der Waals surface area (Å²) in [4.78, 5) is 4.45. The Morgan fingerprint density at radius 3 is 3.12 bits per heavy atom. The number of amidine groups is 1. The molecule has 1 unspecified atom stereocenters. The van der Waals surface area contributed by atoms with Gasteiger partial charge in [-0.3, -0.25) is 4.99 Å². The number of halogens is 2. The number of hydrogen-bond acceptors (Lipinski definition) is 3. The fraction of sp³-hybridized carbons (Fsp3) is 0.417. The SMILES string of the molecule is CCCC1CN=C(Nc2ccc(F)cc2Br)S1. The van der Waals surface area contributed by atoms with Crippen molar-refractivity contribution in [3.63, 3.8) is 0 Å². The molecule has 0 bridgehead atoms. The molecule has 1 N–H and O–H groups in total. The molecule has 2 rings (SSSR count). The first-order valence-electron chi connectivity index (χ1n) is 5.62. The number of thioether (sulfide) groups is 1. The molecule has 92 valence electrons. The average molecular weight is 317 g/mol. The van der Waals surface area contributed by atoms with Crippen molar-refractivity contribution in [2.75, 3.05) is 11.9 Å². The number of nitrogens with zero attached hydrogens (tertiary/aromatic N) is 1. The lowest BCUT2D eigenvalue weighted by molar-refractivity contribution is 0.627. The Bertz CT molecular complexity index is 437. The second-order valence-electron chi connectivity index (χ2n) is 3.92. The van der Waals surface area contributed by atoms with Gasteiger partial charge in [-0.15, -0.1) is 0 Å². The van der Waals surface area contributed by atoms with E-state index in [2.05, 4.69) is 33.2 Å². The van der Waals surface area contributed by atoms with Crippen molar-refractivity contribution in [3.8, 4) is 0 Å². The standard InChI is InChI=1S/C12H14BrFN2S/c1-2-3-9-7-15-12(17-9)16-11-5-4-8(14)6-10(11)13/h4-6,9H,2-3,7H2,1H3,(H,15,16). The van der Waals surface area contributed by atoms with E-state index in [1.165, 1.54) is 25.0 Å². The third-order valence-electron chi connectivity index (χ3n) is 2.50. The minimum absolute atomic E-state index is 0.243. The summed E-state index contributed by atoms with van der Waals surface area (Å²) < 4.78 is 13.7. The molecule has 1 aromatic carbocycles. The molecule has 5 heteroatoms. The van der Waals surface area contributed by atoms with Gasteiger partial charge < -0.3 is 5.32 Å². The van der Waals surface area contributed by atoms with E-state index < -0.39 is 0 Å². The first kappa shape index (κ1) is 12.9. The van der Waals surface area contributed by atoms with Crippen LogP contribution >= 0.6 is 27.7 Å². The minimum Gasteiger partial charge on any atom is -0.334 e. The van der Waals surface area contributed by atoms with Crippen molar-refractivity contribution < 1.29 is 4.39 Å². The summed E-state index contributed by atoms with van der Waals surface area (Å²) in [6.45, 7) is 3.06. The second kappa shape index (κ2) is 5.87. The molecule has 0 aliphatic carbocycles. The van der Waals surface area contributed by atoms with Crippen LogP contribution in [-0.4, -0.2) is 17.0 Å². The molecule has 0 radical (unpaired) electrons. The van der Waals surface area contributed by atoms with Gasteiger partial charge in [0.1, 0.15) is 5.82 Å². The maximum atomic E-state index is 12.9. The second-order valence-corrected chi connectivity index (χ2v) is 6.07. The zero-order valence-electron chi connectivity index (χ0n) is 9.54. The molecule has 0 aromatic heterocycles. The van der Waals surface area contributed by atoms with Gasteiger partial charge in [0.2, 0.25) is 0 Å². The van der Waals surface area contributed by atoms with Crippen LogP contribution in [0, 0.1) is 5.82 Å². The van der Waals surface area contributed by atoms with Crippen LogP contribution in [0.1, 0.15) is 19.8 Å². The molecular formula is C12H14BrFN2S. The van der Waals surface area contributed by atoms with Crippen molar-refractivity contribution >= 4 is 38.5 Å². The van der Waals surface area contributed by atoms with Crippen LogP contribution < -0.4 is 5.32 Å². The van der Waals surface area contributed by atoms with Crippen molar-refractivity contribution in [2.45, 2.75) is 25.0 Å². The van der Waals surface area contributed by atoms with E-state index >= 15 is 0 Å². The van der Waals surface area contributed by atoms with Crippen LogP contribution in [0.3, 0.4) is 0 Å². The summed E-state index contributed by atoms with van der Waals surface area (Å²) in [7, 11) is 0. The molecule has 0 fully saturated rings. The maximum Gasteiger partial charge on any atom is 0.161 e. The Hall–Kier alpha value is -0.550. The van der Waals surface area contributed by atoms with Crippen LogP contribution in [0.15, 0.2) is 27.7 Å². The molecule has 1 aromatic rings. The predicted molar refractivity (Wildman–Crippen MR) is 76.3 cm³/mol. The lowest BCUT2D eigenvalue weighted by Crippen LogP contribution is -2.07. The molecule has 0 saturated carbocycles. The molecule has 1 aliphatic rings. The third-order valence-corrected chi connectivity index (χ3v) is 4.33. The highest BCUT2D eigenvalue weighted by Gasteiger charge is 2.19. The van der Waals surface area contributed by atoms with Gasteiger partial charge in [-0.25, -0.2) is 4.39 Å². The number of rotatable bonds is 3. The minimum atomic E-state index is -0.243. The zero-order valence-corrected chi connectivity index (χ0v) is 11.9. The molecule has 1 atom stereocenters. The van der Waals surface area contributed by atoms with Gasteiger partial charge in [-0.2, -0.15) is 0 Å². The highest BCUT2D eigenvalue weighted by Crippen LogP contribution is 2.29. The smallest absolute Gasteiger partial charge is 0.161 e. The number of aliphatic imine (C=N–C) groups is 1. The van der Waals surface area contributed by atoms with E-state index in [4.69, 9.17) is 0 Å². The fourth-order valence-electron chi connectivity index (χ4n) is 1.66. The van der Waals surface area contributed by atoms with Gasteiger partial charge >= 0.3 is 0 Å². The zero-order chi connectivity index (χ0) is 12.3. The first-order valence-corrected chi connectivity index (χ1v) is 7.29. The third kappa shape index (κ3) is 3.45. The van der Waals surface area contributed by atoms with E-state index in [1.807, 2.05) is 0 Å². The van der Waals surface area contributed by atoms with Gasteiger partial charge in [0.25, 0.3) is 0 Å². The lowest BCUT2D eigenvalue weighted by atomic mass is 10.2. The summed E-state index contributed by atoms with van der Waals surface area (Å²) in [5.41, 5.74) is 0.856. The van der Waals surface area contributed by atoms with Crippen LogP contribution in [-0.2, 0) is 0 Å². The summed E-state index contributed by atoms with van der Waals surface area (Å²) >= 11 is 5.10. The van der Waals surface area contributed by atoms with Gasteiger partial charge in [0, 0.05) is 9.72 Å². The monoisotopic (exact) mass is 316 g/mol. The Morgan fingerprint density at radius 1 is 1.59 bits per heavy atom. The molecule has 1 aliphatic heterocycles. The van der Waals surface area contributed by atoms with Crippen LogP contribution in [0.4, 0.5) is 10.1 Å². The molecule has 0 amide bonds. The van der Waals surface area contributed by atoms with E-state index in [-0.39, 0.29) is 5.82 Å². The number of benzene rings is 1. The van der Waals surface area contributed by atoms with Gasteiger partial charge in [0.15, 0.2) is 5.17 Å². The summed E-state index contributed by atoms with van der Waals surface area (Å²) in [6, 6.07) is 4.61. The van der Waals surface area contributed by atoms with Crippen molar-refractivity contribution in [1.82, 2.24) is 0 Å². The maximum absolute atomic E-state index is 12.9. The van der Waals surface area contributed by atoms with Crippen molar-refractivity contribution in [1.29, 1.82) is 0 Å². The fourth-order valence-corrected chi connectivity index (χ4v) is 3.25. The Morgan fingerprint density at radius 2 is 2.41 bits per heavy atom. The number of anilines is 1. The summed E-state index contributed by atoms with van der Waals surface area (Å²) in [5, 5.41) is 4.74. The average Bonchev–Trinajstić information content (AvgIpc) is 2.71.